The zero-order valence-corrected chi connectivity index (χ0v) is 10.3. The first-order chi connectivity index (χ1) is 8.05. The first-order valence-corrected chi connectivity index (χ1v) is 5.97. The Morgan fingerprint density at radius 2 is 2.06 bits per heavy atom. The average Bonchev–Trinajstić information content (AvgIpc) is 2.54. The van der Waals surface area contributed by atoms with Crippen LogP contribution in [0.4, 0.5) is 0 Å². The Hall–Kier alpha value is -1.39. The third kappa shape index (κ3) is 1.83. The van der Waals surface area contributed by atoms with Crippen LogP contribution in [0.2, 0.25) is 0 Å². The van der Waals surface area contributed by atoms with Gasteiger partial charge in [-0.05, 0) is 13.0 Å². The third-order valence-corrected chi connectivity index (χ3v) is 3.38. The predicted octanol–water partition coefficient (Wildman–Crippen LogP) is 1.11. The van der Waals surface area contributed by atoms with Crippen LogP contribution in [-0.2, 0) is 13.6 Å². The molecule has 2 N–H and O–H groups in total. The summed E-state index contributed by atoms with van der Waals surface area (Å²) in [5.41, 5.74) is 8.35. The van der Waals surface area contributed by atoms with Gasteiger partial charge in [-0.15, -0.1) is 0 Å². The molecule has 4 heteroatoms. The molecule has 1 fully saturated rings. The van der Waals surface area contributed by atoms with Crippen molar-refractivity contribution in [1.82, 2.24) is 14.7 Å². The first kappa shape index (κ1) is 10.7. The Bertz CT molecular complexity index is 548. The highest BCUT2D eigenvalue weighted by atomic mass is 15.3. The predicted molar refractivity (Wildman–Crippen MR) is 68.6 cm³/mol. The molecular weight excluding hydrogens is 212 g/mol. The second-order valence-corrected chi connectivity index (χ2v) is 5.39. The number of para-hydroxylation sites is 1. The second-order valence-electron chi connectivity index (χ2n) is 5.39. The molecule has 0 unspecified atom stereocenters. The summed E-state index contributed by atoms with van der Waals surface area (Å²) in [5.74, 6) is 0. The lowest BCUT2D eigenvalue weighted by Gasteiger charge is -2.45. The van der Waals surface area contributed by atoms with Crippen LogP contribution >= 0.6 is 0 Å². The van der Waals surface area contributed by atoms with Crippen LogP contribution in [0, 0.1) is 0 Å². The van der Waals surface area contributed by atoms with E-state index in [1.54, 1.807) is 0 Å². The van der Waals surface area contributed by atoms with Crippen molar-refractivity contribution in [2.45, 2.75) is 19.0 Å². The maximum absolute atomic E-state index is 6.02. The number of aromatic nitrogens is 2. The summed E-state index contributed by atoms with van der Waals surface area (Å²) in [6, 6.07) is 8.36. The van der Waals surface area contributed by atoms with Gasteiger partial charge in [-0.25, -0.2) is 0 Å². The van der Waals surface area contributed by atoms with Gasteiger partial charge in [-0.2, -0.15) is 5.10 Å². The van der Waals surface area contributed by atoms with E-state index < -0.39 is 0 Å². The Labute approximate surface area is 101 Å². The first-order valence-electron chi connectivity index (χ1n) is 5.97. The van der Waals surface area contributed by atoms with Crippen molar-refractivity contribution in [2.24, 2.45) is 12.8 Å². The molecule has 0 bridgehead atoms. The molecule has 90 valence electrons. The van der Waals surface area contributed by atoms with E-state index in [0.717, 1.165) is 25.3 Å². The van der Waals surface area contributed by atoms with E-state index in [1.165, 1.54) is 10.9 Å². The fourth-order valence-electron chi connectivity index (χ4n) is 2.70. The van der Waals surface area contributed by atoms with Gasteiger partial charge in [-0.3, -0.25) is 9.58 Å². The number of fused-ring (bicyclic) bond motifs is 1. The van der Waals surface area contributed by atoms with Crippen LogP contribution in [0.1, 0.15) is 12.6 Å². The van der Waals surface area contributed by atoms with Gasteiger partial charge in [0.05, 0.1) is 11.2 Å². The smallest absolute Gasteiger partial charge is 0.0843 e. The summed E-state index contributed by atoms with van der Waals surface area (Å²) in [6.45, 7) is 4.91. The summed E-state index contributed by atoms with van der Waals surface area (Å²) in [6.07, 6.45) is 0. The van der Waals surface area contributed by atoms with Crippen LogP contribution < -0.4 is 5.73 Å². The molecule has 4 nitrogen and oxygen atoms in total. The number of rotatable bonds is 2. The summed E-state index contributed by atoms with van der Waals surface area (Å²) in [4.78, 5) is 2.34. The van der Waals surface area contributed by atoms with Gasteiger partial charge in [0.1, 0.15) is 0 Å². The van der Waals surface area contributed by atoms with Crippen molar-refractivity contribution in [1.29, 1.82) is 0 Å². The Balaban J connectivity index is 1.87. The van der Waals surface area contributed by atoms with Crippen molar-refractivity contribution >= 4 is 10.9 Å². The minimum absolute atomic E-state index is 0.00934. The molecule has 2 heterocycles. The molecule has 0 saturated carbocycles. The van der Waals surface area contributed by atoms with Crippen molar-refractivity contribution < 1.29 is 0 Å². The monoisotopic (exact) mass is 230 g/mol. The molecule has 0 spiro atoms. The number of hydrogen-bond donors (Lipinski definition) is 1. The van der Waals surface area contributed by atoms with Gasteiger partial charge < -0.3 is 5.73 Å². The van der Waals surface area contributed by atoms with Gasteiger partial charge >= 0.3 is 0 Å². The van der Waals surface area contributed by atoms with Crippen LogP contribution in [0.5, 0.6) is 0 Å². The number of likely N-dealkylation sites (tertiary alicyclic amines) is 1. The van der Waals surface area contributed by atoms with Gasteiger partial charge in [0.25, 0.3) is 0 Å². The molecule has 1 aromatic heterocycles. The largest absolute Gasteiger partial charge is 0.323 e. The Morgan fingerprint density at radius 1 is 1.35 bits per heavy atom. The Morgan fingerprint density at radius 3 is 2.76 bits per heavy atom. The molecule has 1 aliphatic heterocycles. The van der Waals surface area contributed by atoms with E-state index in [4.69, 9.17) is 5.73 Å². The molecule has 1 aliphatic rings. The van der Waals surface area contributed by atoms with Crippen molar-refractivity contribution in [3.05, 3.63) is 30.0 Å². The van der Waals surface area contributed by atoms with Crippen LogP contribution in [0.15, 0.2) is 24.3 Å². The summed E-state index contributed by atoms with van der Waals surface area (Å²) in [5, 5.41) is 5.84. The molecule has 0 amide bonds. The molecular formula is C13H18N4. The fourth-order valence-corrected chi connectivity index (χ4v) is 2.70. The van der Waals surface area contributed by atoms with Crippen LogP contribution in [0.25, 0.3) is 10.9 Å². The topological polar surface area (TPSA) is 47.1 Å². The molecule has 0 aliphatic carbocycles. The van der Waals surface area contributed by atoms with Gasteiger partial charge in [-0.1, -0.05) is 18.2 Å². The number of nitrogens with two attached hydrogens (primary N) is 1. The third-order valence-electron chi connectivity index (χ3n) is 3.38. The molecule has 2 aromatic rings. The highest BCUT2D eigenvalue weighted by Crippen LogP contribution is 2.23. The highest BCUT2D eigenvalue weighted by molar-refractivity contribution is 5.81. The average molecular weight is 230 g/mol. The van der Waals surface area contributed by atoms with Crippen molar-refractivity contribution in [3.8, 4) is 0 Å². The van der Waals surface area contributed by atoms with E-state index >= 15 is 0 Å². The van der Waals surface area contributed by atoms with Gasteiger partial charge in [0.2, 0.25) is 0 Å². The second kappa shape index (κ2) is 3.55. The quantitative estimate of drug-likeness (QED) is 0.840. The number of hydrogen-bond acceptors (Lipinski definition) is 3. The van der Waals surface area contributed by atoms with E-state index in [2.05, 4.69) is 35.1 Å². The molecule has 0 radical (unpaired) electrons. The van der Waals surface area contributed by atoms with Crippen molar-refractivity contribution in [3.63, 3.8) is 0 Å². The fraction of sp³-hybridized carbons (Fsp3) is 0.462. The van der Waals surface area contributed by atoms with E-state index in [-0.39, 0.29) is 5.54 Å². The SMILES string of the molecule is Cn1nc(CN2CC(C)(N)C2)c2ccccc21. The molecule has 3 rings (SSSR count). The van der Waals surface area contributed by atoms with E-state index in [1.807, 2.05) is 17.8 Å². The molecule has 1 saturated heterocycles. The lowest BCUT2D eigenvalue weighted by Crippen LogP contribution is -2.64. The number of nitrogens with zero attached hydrogens (tertiary/aromatic N) is 3. The van der Waals surface area contributed by atoms with E-state index in [0.29, 0.717) is 0 Å². The zero-order valence-electron chi connectivity index (χ0n) is 10.3. The highest BCUT2D eigenvalue weighted by Gasteiger charge is 2.35. The lowest BCUT2D eigenvalue weighted by atomic mass is 9.93. The number of aryl methyl sites for hydroxylation is 1. The Kier molecular flexibility index (Phi) is 2.24. The maximum atomic E-state index is 6.02. The van der Waals surface area contributed by atoms with Crippen LogP contribution in [-0.4, -0.2) is 33.3 Å². The van der Waals surface area contributed by atoms with Gasteiger partial charge in [0.15, 0.2) is 0 Å². The number of benzene rings is 1. The lowest BCUT2D eigenvalue weighted by molar-refractivity contribution is 0.0754. The summed E-state index contributed by atoms with van der Waals surface area (Å²) < 4.78 is 1.95. The maximum Gasteiger partial charge on any atom is 0.0843 e. The standard InChI is InChI=1S/C13H18N4/c1-13(14)8-17(9-13)7-11-10-5-3-4-6-12(10)16(2)15-11/h3-6H,7-9,14H2,1-2H3. The minimum Gasteiger partial charge on any atom is -0.323 e. The molecule has 1 aromatic carbocycles. The normalized spacial score (nSPS) is 19.5. The summed E-state index contributed by atoms with van der Waals surface area (Å²) >= 11 is 0. The zero-order chi connectivity index (χ0) is 12.0. The van der Waals surface area contributed by atoms with Gasteiger partial charge in [0, 0.05) is 37.6 Å². The molecule has 0 atom stereocenters. The minimum atomic E-state index is -0.00934. The molecule has 17 heavy (non-hydrogen) atoms. The summed E-state index contributed by atoms with van der Waals surface area (Å²) in [7, 11) is 2.00. The van der Waals surface area contributed by atoms with Crippen LogP contribution in [0.3, 0.4) is 0 Å². The van der Waals surface area contributed by atoms with Crippen molar-refractivity contribution in [2.75, 3.05) is 13.1 Å². The van der Waals surface area contributed by atoms with E-state index in [9.17, 15) is 0 Å².